The maximum absolute atomic E-state index is 13.6. The number of hydrogen-bond donors (Lipinski definition) is 1. The van der Waals surface area contributed by atoms with Gasteiger partial charge in [-0.3, -0.25) is 14.2 Å². The van der Waals surface area contributed by atoms with Crippen LogP contribution in [0.3, 0.4) is 0 Å². The van der Waals surface area contributed by atoms with Crippen molar-refractivity contribution in [3.05, 3.63) is 81.5 Å². The molecule has 0 bridgehead atoms. The number of carbonyl (C=O) groups excluding carboxylic acids is 1. The smallest absolute Gasteiger partial charge is 0.276 e. The molecule has 0 aliphatic carbocycles. The Labute approximate surface area is 178 Å². The quantitative estimate of drug-likeness (QED) is 0.357. The Morgan fingerprint density at radius 2 is 1.87 bits per heavy atom. The molecule has 0 fully saturated rings. The summed E-state index contributed by atoms with van der Waals surface area (Å²) in [6.07, 6.45) is 0. The standard InChI is InChI=1S/C21H15F2N3O2S2/c1-12-10-14(23)4-7-17(12)26-20(28)19-16(8-9-29-19)25-21(26)30-11-18(27)24-15-5-2-13(22)3-6-15/h2-10H,11H2,1H3,(H,24,27). The van der Waals surface area contributed by atoms with Crippen LogP contribution < -0.4 is 10.9 Å². The van der Waals surface area contributed by atoms with Gasteiger partial charge in [0.1, 0.15) is 16.3 Å². The van der Waals surface area contributed by atoms with Crippen molar-refractivity contribution in [3.63, 3.8) is 0 Å². The number of aromatic nitrogens is 2. The monoisotopic (exact) mass is 443 g/mol. The highest BCUT2D eigenvalue weighted by molar-refractivity contribution is 7.99. The van der Waals surface area contributed by atoms with Gasteiger partial charge in [0, 0.05) is 5.69 Å². The number of rotatable bonds is 5. The number of fused-ring (bicyclic) bond motifs is 1. The summed E-state index contributed by atoms with van der Waals surface area (Å²) in [5, 5.41) is 4.78. The van der Waals surface area contributed by atoms with Gasteiger partial charge in [0.05, 0.1) is 17.0 Å². The summed E-state index contributed by atoms with van der Waals surface area (Å²) < 4.78 is 28.5. The lowest BCUT2D eigenvalue weighted by atomic mass is 10.2. The van der Waals surface area contributed by atoms with Crippen LogP contribution in [0.25, 0.3) is 15.9 Å². The second-order valence-electron chi connectivity index (χ2n) is 6.44. The molecule has 1 amide bonds. The van der Waals surface area contributed by atoms with Gasteiger partial charge in [-0.05, 0) is 66.4 Å². The number of thioether (sulfide) groups is 1. The van der Waals surface area contributed by atoms with E-state index in [-0.39, 0.29) is 17.2 Å². The minimum Gasteiger partial charge on any atom is -0.325 e. The van der Waals surface area contributed by atoms with Crippen LogP contribution in [0.4, 0.5) is 14.5 Å². The lowest BCUT2D eigenvalue weighted by molar-refractivity contribution is -0.113. The Balaban J connectivity index is 1.66. The fourth-order valence-electron chi connectivity index (χ4n) is 2.93. The number of halogens is 2. The summed E-state index contributed by atoms with van der Waals surface area (Å²) in [6, 6.07) is 11.3. The van der Waals surface area contributed by atoms with Crippen molar-refractivity contribution in [1.82, 2.24) is 9.55 Å². The molecular formula is C21H15F2N3O2S2. The number of benzene rings is 2. The molecule has 0 saturated heterocycles. The summed E-state index contributed by atoms with van der Waals surface area (Å²) in [7, 11) is 0. The van der Waals surface area contributed by atoms with Crippen molar-refractivity contribution in [2.24, 2.45) is 0 Å². The first-order chi connectivity index (χ1) is 14.4. The maximum atomic E-state index is 13.6. The van der Waals surface area contributed by atoms with Gasteiger partial charge >= 0.3 is 0 Å². The second kappa shape index (κ2) is 8.37. The van der Waals surface area contributed by atoms with Gasteiger partial charge in [0.25, 0.3) is 5.56 Å². The topological polar surface area (TPSA) is 64.0 Å². The van der Waals surface area contributed by atoms with Crippen molar-refractivity contribution >= 4 is 44.9 Å². The largest absolute Gasteiger partial charge is 0.325 e. The zero-order chi connectivity index (χ0) is 21.3. The van der Waals surface area contributed by atoms with E-state index in [4.69, 9.17) is 0 Å². The van der Waals surface area contributed by atoms with Crippen LogP contribution >= 0.6 is 23.1 Å². The Morgan fingerprint density at radius 1 is 1.13 bits per heavy atom. The van der Waals surface area contributed by atoms with Gasteiger partial charge in [-0.25, -0.2) is 13.8 Å². The number of nitrogens with one attached hydrogen (secondary N) is 1. The molecule has 9 heteroatoms. The van der Waals surface area contributed by atoms with E-state index in [1.165, 1.54) is 58.4 Å². The molecule has 4 rings (SSSR count). The van der Waals surface area contributed by atoms with Crippen LogP contribution in [0.2, 0.25) is 0 Å². The number of anilines is 1. The molecule has 0 radical (unpaired) electrons. The number of thiophene rings is 1. The van der Waals surface area contributed by atoms with Crippen molar-refractivity contribution in [2.45, 2.75) is 12.1 Å². The van der Waals surface area contributed by atoms with Crippen molar-refractivity contribution in [1.29, 1.82) is 0 Å². The molecule has 4 aromatic rings. The Morgan fingerprint density at radius 3 is 2.60 bits per heavy atom. The number of amides is 1. The molecule has 0 aliphatic heterocycles. The van der Waals surface area contributed by atoms with E-state index >= 15 is 0 Å². The third-order valence-electron chi connectivity index (χ3n) is 4.31. The van der Waals surface area contributed by atoms with Gasteiger partial charge < -0.3 is 5.32 Å². The molecule has 0 spiro atoms. The Bertz CT molecular complexity index is 1300. The molecule has 0 unspecified atom stereocenters. The molecule has 0 aliphatic rings. The van der Waals surface area contributed by atoms with E-state index in [1.54, 1.807) is 18.4 Å². The summed E-state index contributed by atoms with van der Waals surface area (Å²) in [5.74, 6) is -1.13. The summed E-state index contributed by atoms with van der Waals surface area (Å²) in [4.78, 5) is 30.0. The van der Waals surface area contributed by atoms with E-state index < -0.39 is 11.6 Å². The average molecular weight is 444 g/mol. The van der Waals surface area contributed by atoms with Crippen LogP contribution in [0.1, 0.15) is 5.56 Å². The van der Waals surface area contributed by atoms with Crippen LogP contribution in [0.5, 0.6) is 0 Å². The van der Waals surface area contributed by atoms with E-state index in [9.17, 15) is 18.4 Å². The van der Waals surface area contributed by atoms with Crippen molar-refractivity contribution in [2.75, 3.05) is 11.1 Å². The first-order valence-corrected chi connectivity index (χ1v) is 10.7. The maximum Gasteiger partial charge on any atom is 0.276 e. The third-order valence-corrected chi connectivity index (χ3v) is 6.14. The lowest BCUT2D eigenvalue weighted by Crippen LogP contribution is -2.23. The first kappa shape index (κ1) is 20.2. The average Bonchev–Trinajstić information content (AvgIpc) is 3.18. The molecule has 0 saturated carbocycles. The zero-order valence-corrected chi connectivity index (χ0v) is 17.3. The molecule has 2 heterocycles. The Hall–Kier alpha value is -3.04. The Kier molecular flexibility index (Phi) is 5.65. The molecule has 5 nitrogen and oxygen atoms in total. The molecule has 0 atom stereocenters. The van der Waals surface area contributed by atoms with Crippen molar-refractivity contribution in [3.8, 4) is 5.69 Å². The van der Waals surface area contributed by atoms with Crippen LogP contribution in [0, 0.1) is 18.6 Å². The van der Waals surface area contributed by atoms with Gasteiger partial charge in [-0.1, -0.05) is 11.8 Å². The van der Waals surface area contributed by atoms with Gasteiger partial charge in [-0.15, -0.1) is 11.3 Å². The SMILES string of the molecule is Cc1cc(F)ccc1-n1c(SCC(=O)Nc2ccc(F)cc2)nc2ccsc2c1=O. The van der Waals surface area contributed by atoms with Crippen LogP contribution in [0.15, 0.2) is 63.9 Å². The van der Waals surface area contributed by atoms with E-state index in [1.807, 2.05) is 0 Å². The zero-order valence-electron chi connectivity index (χ0n) is 15.7. The normalized spacial score (nSPS) is 11.0. The van der Waals surface area contributed by atoms with Gasteiger partial charge in [0.15, 0.2) is 5.16 Å². The highest BCUT2D eigenvalue weighted by atomic mass is 32.2. The number of nitrogens with zero attached hydrogens (tertiary/aromatic N) is 2. The minimum atomic E-state index is -0.401. The summed E-state index contributed by atoms with van der Waals surface area (Å²) >= 11 is 2.37. The van der Waals surface area contributed by atoms with Crippen LogP contribution in [-0.2, 0) is 4.79 Å². The fraction of sp³-hybridized carbons (Fsp3) is 0.0952. The predicted molar refractivity (Wildman–Crippen MR) is 116 cm³/mol. The lowest BCUT2D eigenvalue weighted by Gasteiger charge is -2.14. The predicted octanol–water partition coefficient (Wildman–Crippen LogP) is 4.76. The summed E-state index contributed by atoms with van der Waals surface area (Å²) in [5.41, 5.74) is 1.82. The fourth-order valence-corrected chi connectivity index (χ4v) is 4.50. The van der Waals surface area contributed by atoms with Gasteiger partial charge in [0.2, 0.25) is 5.91 Å². The molecule has 2 aromatic heterocycles. The molecule has 2 aromatic carbocycles. The minimum absolute atomic E-state index is 0.0142. The number of carbonyl (C=O) groups is 1. The number of hydrogen-bond acceptors (Lipinski definition) is 5. The van der Waals surface area contributed by atoms with E-state index in [0.717, 1.165) is 11.8 Å². The molecular weight excluding hydrogens is 428 g/mol. The highest BCUT2D eigenvalue weighted by Gasteiger charge is 2.17. The number of aryl methyl sites for hydroxylation is 1. The molecule has 30 heavy (non-hydrogen) atoms. The van der Waals surface area contributed by atoms with E-state index in [0.29, 0.717) is 32.3 Å². The molecule has 152 valence electrons. The first-order valence-electron chi connectivity index (χ1n) is 8.87. The third kappa shape index (κ3) is 4.12. The van der Waals surface area contributed by atoms with Gasteiger partial charge in [-0.2, -0.15) is 0 Å². The second-order valence-corrected chi connectivity index (χ2v) is 8.30. The highest BCUT2D eigenvalue weighted by Crippen LogP contribution is 2.25. The summed E-state index contributed by atoms with van der Waals surface area (Å²) in [6.45, 7) is 1.71. The van der Waals surface area contributed by atoms with Crippen LogP contribution in [-0.4, -0.2) is 21.2 Å². The molecule has 1 N–H and O–H groups in total. The van der Waals surface area contributed by atoms with Crippen molar-refractivity contribution < 1.29 is 13.6 Å². The van der Waals surface area contributed by atoms with E-state index in [2.05, 4.69) is 10.3 Å².